The van der Waals surface area contributed by atoms with E-state index in [1.54, 1.807) is 0 Å². The van der Waals surface area contributed by atoms with Crippen LogP contribution in [-0.2, 0) is 0 Å². The van der Waals surface area contributed by atoms with Crippen molar-refractivity contribution in [3.8, 4) is 0 Å². The lowest BCUT2D eigenvalue weighted by molar-refractivity contribution is 0.764. The Morgan fingerprint density at radius 3 is 2.67 bits per heavy atom. The van der Waals surface area contributed by atoms with E-state index < -0.39 is 0 Å². The van der Waals surface area contributed by atoms with Crippen LogP contribution in [0.3, 0.4) is 0 Å². The number of rotatable bonds is 2. The van der Waals surface area contributed by atoms with Crippen LogP contribution in [0.2, 0.25) is 0 Å². The normalized spacial score (nSPS) is 13.7. The van der Waals surface area contributed by atoms with Crippen LogP contribution in [0.15, 0.2) is 24.5 Å². The standard InChI is InChI=1S/C12H17N3/c1-8(2)12-14-7-11-10(9(3)13)5-4-6-15(11)12/h4-9H,13H2,1-3H3. The average molecular weight is 203 g/mol. The molecule has 0 bridgehead atoms. The molecule has 2 rings (SSSR count). The van der Waals surface area contributed by atoms with E-state index in [1.165, 1.54) is 0 Å². The molecular weight excluding hydrogens is 186 g/mol. The van der Waals surface area contributed by atoms with Crippen LogP contribution >= 0.6 is 0 Å². The highest BCUT2D eigenvalue weighted by molar-refractivity contribution is 5.55. The fourth-order valence-electron chi connectivity index (χ4n) is 1.88. The van der Waals surface area contributed by atoms with Crippen molar-refractivity contribution in [2.75, 3.05) is 0 Å². The predicted octanol–water partition coefficient (Wildman–Crippen LogP) is 2.48. The molecule has 0 saturated carbocycles. The summed E-state index contributed by atoms with van der Waals surface area (Å²) in [5.74, 6) is 1.52. The van der Waals surface area contributed by atoms with E-state index in [4.69, 9.17) is 5.73 Å². The van der Waals surface area contributed by atoms with Crippen LogP contribution in [-0.4, -0.2) is 9.38 Å². The van der Waals surface area contributed by atoms with Gasteiger partial charge in [0.05, 0.1) is 11.7 Å². The summed E-state index contributed by atoms with van der Waals surface area (Å²) in [6.07, 6.45) is 3.96. The van der Waals surface area contributed by atoms with Gasteiger partial charge in [0.2, 0.25) is 0 Å². The number of imidazole rings is 1. The molecule has 2 aromatic heterocycles. The molecule has 0 fully saturated rings. The summed E-state index contributed by atoms with van der Waals surface area (Å²) in [5, 5.41) is 0. The highest BCUT2D eigenvalue weighted by Gasteiger charge is 2.11. The summed E-state index contributed by atoms with van der Waals surface area (Å²) in [6, 6.07) is 4.14. The van der Waals surface area contributed by atoms with E-state index >= 15 is 0 Å². The molecule has 1 atom stereocenters. The Bertz CT molecular complexity index is 469. The molecule has 1 unspecified atom stereocenters. The highest BCUT2D eigenvalue weighted by atomic mass is 15.0. The van der Waals surface area contributed by atoms with Crippen LogP contribution in [0.5, 0.6) is 0 Å². The van der Waals surface area contributed by atoms with Crippen molar-refractivity contribution in [1.82, 2.24) is 9.38 Å². The Balaban J connectivity index is 2.69. The molecule has 2 aromatic rings. The Morgan fingerprint density at radius 1 is 1.33 bits per heavy atom. The van der Waals surface area contributed by atoms with Crippen LogP contribution in [0.4, 0.5) is 0 Å². The van der Waals surface area contributed by atoms with Crippen molar-refractivity contribution in [2.45, 2.75) is 32.7 Å². The van der Waals surface area contributed by atoms with Crippen LogP contribution in [0.25, 0.3) is 5.52 Å². The number of pyridine rings is 1. The number of nitrogens with zero attached hydrogens (tertiary/aromatic N) is 2. The fraction of sp³-hybridized carbons (Fsp3) is 0.417. The zero-order valence-corrected chi connectivity index (χ0v) is 9.44. The molecule has 0 saturated heterocycles. The van der Waals surface area contributed by atoms with E-state index in [0.717, 1.165) is 16.9 Å². The van der Waals surface area contributed by atoms with Crippen molar-refractivity contribution >= 4 is 5.52 Å². The molecule has 0 aliphatic heterocycles. The second-order valence-electron chi connectivity index (χ2n) is 4.28. The van der Waals surface area contributed by atoms with Crippen molar-refractivity contribution in [3.63, 3.8) is 0 Å². The maximum Gasteiger partial charge on any atom is 0.115 e. The van der Waals surface area contributed by atoms with Gasteiger partial charge in [-0.25, -0.2) is 4.98 Å². The predicted molar refractivity (Wildman–Crippen MR) is 61.9 cm³/mol. The van der Waals surface area contributed by atoms with E-state index in [0.29, 0.717) is 5.92 Å². The van der Waals surface area contributed by atoms with E-state index in [9.17, 15) is 0 Å². The molecule has 2 heterocycles. The zero-order chi connectivity index (χ0) is 11.0. The third-order valence-corrected chi connectivity index (χ3v) is 2.64. The van der Waals surface area contributed by atoms with Gasteiger partial charge >= 0.3 is 0 Å². The third-order valence-electron chi connectivity index (χ3n) is 2.64. The molecule has 15 heavy (non-hydrogen) atoms. The zero-order valence-electron chi connectivity index (χ0n) is 9.44. The Morgan fingerprint density at radius 2 is 2.07 bits per heavy atom. The lowest BCUT2D eigenvalue weighted by Crippen LogP contribution is -2.07. The molecule has 0 aliphatic carbocycles. The molecule has 0 spiro atoms. The first-order valence-electron chi connectivity index (χ1n) is 5.32. The molecule has 0 radical (unpaired) electrons. The fourth-order valence-corrected chi connectivity index (χ4v) is 1.88. The second-order valence-corrected chi connectivity index (χ2v) is 4.28. The smallest absolute Gasteiger partial charge is 0.115 e. The lowest BCUT2D eigenvalue weighted by atomic mass is 10.1. The molecule has 0 aromatic carbocycles. The van der Waals surface area contributed by atoms with Crippen molar-refractivity contribution in [2.24, 2.45) is 5.73 Å². The monoisotopic (exact) mass is 203 g/mol. The summed E-state index contributed by atoms with van der Waals surface area (Å²) in [7, 11) is 0. The van der Waals surface area contributed by atoms with E-state index in [2.05, 4.69) is 29.3 Å². The van der Waals surface area contributed by atoms with E-state index in [-0.39, 0.29) is 6.04 Å². The first-order valence-corrected chi connectivity index (χ1v) is 5.32. The van der Waals surface area contributed by atoms with Gasteiger partial charge in [0.15, 0.2) is 0 Å². The van der Waals surface area contributed by atoms with Gasteiger partial charge in [-0.15, -0.1) is 0 Å². The molecular formula is C12H17N3. The van der Waals surface area contributed by atoms with Gasteiger partial charge in [-0.2, -0.15) is 0 Å². The molecule has 3 heteroatoms. The summed E-state index contributed by atoms with van der Waals surface area (Å²) in [5.41, 5.74) is 8.20. The number of nitrogens with two attached hydrogens (primary N) is 1. The first-order chi connectivity index (χ1) is 7.11. The molecule has 2 N–H and O–H groups in total. The molecule has 0 amide bonds. The Kier molecular flexibility index (Phi) is 2.49. The average Bonchev–Trinajstić information content (AvgIpc) is 2.59. The van der Waals surface area contributed by atoms with Gasteiger partial charge in [0.1, 0.15) is 5.82 Å². The van der Waals surface area contributed by atoms with Gasteiger partial charge in [-0.1, -0.05) is 19.9 Å². The summed E-state index contributed by atoms with van der Waals surface area (Å²) < 4.78 is 2.13. The molecule has 0 aliphatic rings. The Hall–Kier alpha value is -1.35. The number of fused-ring (bicyclic) bond motifs is 1. The second kappa shape index (κ2) is 3.66. The number of aromatic nitrogens is 2. The number of hydrogen-bond acceptors (Lipinski definition) is 2. The van der Waals surface area contributed by atoms with Gasteiger partial charge in [-0.05, 0) is 18.6 Å². The van der Waals surface area contributed by atoms with Crippen molar-refractivity contribution < 1.29 is 0 Å². The van der Waals surface area contributed by atoms with Crippen molar-refractivity contribution in [3.05, 3.63) is 35.9 Å². The van der Waals surface area contributed by atoms with Gasteiger partial charge in [0.25, 0.3) is 0 Å². The third kappa shape index (κ3) is 1.63. The lowest BCUT2D eigenvalue weighted by Gasteiger charge is -2.09. The molecule has 80 valence electrons. The van der Waals surface area contributed by atoms with Crippen LogP contribution < -0.4 is 5.73 Å². The largest absolute Gasteiger partial charge is 0.324 e. The van der Waals surface area contributed by atoms with Gasteiger partial charge < -0.3 is 10.1 Å². The van der Waals surface area contributed by atoms with Gasteiger partial charge in [0, 0.05) is 18.2 Å². The minimum Gasteiger partial charge on any atom is -0.324 e. The maximum absolute atomic E-state index is 5.92. The topological polar surface area (TPSA) is 43.3 Å². The van der Waals surface area contributed by atoms with Crippen molar-refractivity contribution in [1.29, 1.82) is 0 Å². The highest BCUT2D eigenvalue weighted by Crippen LogP contribution is 2.21. The quantitative estimate of drug-likeness (QED) is 0.814. The molecule has 3 nitrogen and oxygen atoms in total. The summed E-state index contributed by atoms with van der Waals surface area (Å²) >= 11 is 0. The summed E-state index contributed by atoms with van der Waals surface area (Å²) in [6.45, 7) is 6.29. The van der Waals surface area contributed by atoms with E-state index in [1.807, 2.05) is 25.4 Å². The first kappa shape index (κ1) is 10.2. The van der Waals surface area contributed by atoms with Crippen LogP contribution in [0.1, 0.15) is 44.1 Å². The summed E-state index contributed by atoms with van der Waals surface area (Å²) in [4.78, 5) is 4.45. The van der Waals surface area contributed by atoms with Gasteiger partial charge in [-0.3, -0.25) is 0 Å². The number of hydrogen-bond donors (Lipinski definition) is 1. The SMILES string of the molecule is CC(C)c1ncc2c(C(C)N)cccn12. The van der Waals surface area contributed by atoms with Crippen LogP contribution in [0, 0.1) is 0 Å². The minimum atomic E-state index is 0.0467. The minimum absolute atomic E-state index is 0.0467. The Labute approximate surface area is 89.9 Å². The maximum atomic E-state index is 5.92.